The molecule has 0 unspecified atom stereocenters. The average molecular weight is 795 g/mol. The highest BCUT2D eigenvalue weighted by molar-refractivity contribution is 7.92. The first-order valence-corrected chi connectivity index (χ1v) is 18.5. The molecule has 0 saturated heterocycles. The van der Waals surface area contributed by atoms with Gasteiger partial charge in [-0.1, -0.05) is 29.8 Å². The van der Waals surface area contributed by atoms with E-state index in [9.17, 15) is 26.4 Å². The molecule has 11 nitrogen and oxygen atoms in total. The van der Waals surface area contributed by atoms with E-state index in [0.29, 0.717) is 29.0 Å². The third-order valence-electron chi connectivity index (χ3n) is 8.64. The predicted octanol–water partition coefficient (Wildman–Crippen LogP) is 8.31. The number of hydrogen-bond acceptors (Lipinski definition) is 9. The summed E-state index contributed by atoms with van der Waals surface area (Å²) in [6, 6.07) is 12.1. The van der Waals surface area contributed by atoms with E-state index in [-0.39, 0.29) is 36.0 Å². The molecule has 1 aliphatic carbocycles. The number of nitrogens with zero attached hydrogens (tertiary/aromatic N) is 3. The molecule has 1 aliphatic rings. The molecule has 1 fully saturated rings. The van der Waals surface area contributed by atoms with Gasteiger partial charge >= 0.3 is 12.3 Å². The molecule has 290 valence electrons. The van der Waals surface area contributed by atoms with Gasteiger partial charge in [0, 0.05) is 30.0 Å². The molecule has 1 heterocycles. The van der Waals surface area contributed by atoms with E-state index in [2.05, 4.69) is 15.3 Å². The summed E-state index contributed by atoms with van der Waals surface area (Å²) >= 11 is 6.59. The first-order valence-electron chi connectivity index (χ1n) is 16.7. The quantitative estimate of drug-likeness (QED) is 0.149. The average Bonchev–Trinajstić information content (AvgIpc) is 3.11. The molecule has 0 aliphatic heterocycles. The Morgan fingerprint density at radius 1 is 1.00 bits per heavy atom. The molecule has 0 bridgehead atoms. The van der Waals surface area contributed by atoms with Gasteiger partial charge in [-0.05, 0) is 75.8 Å². The molecule has 1 aromatic heterocycles. The van der Waals surface area contributed by atoms with Crippen LogP contribution in [0.2, 0.25) is 5.02 Å². The van der Waals surface area contributed by atoms with Gasteiger partial charge in [-0.3, -0.25) is 0 Å². The lowest BCUT2D eigenvalue weighted by Crippen LogP contribution is -2.50. The van der Waals surface area contributed by atoms with Crippen molar-refractivity contribution in [2.24, 2.45) is 0 Å². The zero-order valence-corrected chi connectivity index (χ0v) is 31.6. The Hall–Kier alpha value is -4.83. The van der Waals surface area contributed by atoms with Crippen molar-refractivity contribution in [3.63, 3.8) is 0 Å². The number of aromatic nitrogens is 2. The van der Waals surface area contributed by atoms with Gasteiger partial charge in [-0.25, -0.2) is 31.9 Å². The third-order valence-corrected chi connectivity index (χ3v) is 10.7. The van der Waals surface area contributed by atoms with Crippen LogP contribution in [0.3, 0.4) is 0 Å². The van der Waals surface area contributed by atoms with Gasteiger partial charge in [0.25, 0.3) is 10.0 Å². The lowest BCUT2D eigenvalue weighted by Gasteiger charge is -2.37. The Balaban J connectivity index is 1.45. The van der Waals surface area contributed by atoms with Gasteiger partial charge in [0.15, 0.2) is 0 Å². The van der Waals surface area contributed by atoms with Gasteiger partial charge in [-0.2, -0.15) is 13.2 Å². The summed E-state index contributed by atoms with van der Waals surface area (Å²) in [5, 5.41) is 2.50. The number of nitrogens with one attached hydrogen (secondary N) is 1. The molecule has 5 rings (SSSR count). The van der Waals surface area contributed by atoms with Crippen LogP contribution < -0.4 is 23.8 Å². The molecule has 17 heteroatoms. The lowest BCUT2D eigenvalue weighted by atomic mass is 9.79. The summed E-state index contributed by atoms with van der Waals surface area (Å²) in [7, 11) is -1.83. The number of carbonyl (C=O) groups is 1. The molecular weight excluding hydrogens is 756 g/mol. The van der Waals surface area contributed by atoms with Crippen molar-refractivity contribution in [2.75, 3.05) is 18.5 Å². The van der Waals surface area contributed by atoms with Crippen LogP contribution >= 0.6 is 11.6 Å². The molecule has 1 saturated carbocycles. The van der Waals surface area contributed by atoms with Gasteiger partial charge in [0.1, 0.15) is 51.8 Å². The zero-order chi connectivity index (χ0) is 39.4. The summed E-state index contributed by atoms with van der Waals surface area (Å²) < 4.78 is 108. The molecule has 4 aromatic rings. The number of halogens is 5. The largest absolute Gasteiger partial charge is 0.497 e. The van der Waals surface area contributed by atoms with Crippen LogP contribution in [0.1, 0.15) is 62.6 Å². The van der Waals surface area contributed by atoms with Gasteiger partial charge in [0.05, 0.1) is 37.4 Å². The van der Waals surface area contributed by atoms with Gasteiger partial charge in [0.2, 0.25) is 0 Å². The molecule has 0 radical (unpaired) electrons. The Bertz CT molecular complexity index is 2070. The minimum atomic E-state index is -4.70. The van der Waals surface area contributed by atoms with Crippen LogP contribution in [-0.2, 0) is 27.5 Å². The monoisotopic (exact) mass is 794 g/mol. The van der Waals surface area contributed by atoms with E-state index in [1.54, 1.807) is 45.0 Å². The van der Waals surface area contributed by atoms with Gasteiger partial charge in [-0.15, -0.1) is 0 Å². The summed E-state index contributed by atoms with van der Waals surface area (Å²) in [4.78, 5) is 20.1. The third kappa shape index (κ3) is 9.63. The number of sulfonamides is 1. The molecule has 3 atom stereocenters. The Kier molecular flexibility index (Phi) is 12.2. The zero-order valence-electron chi connectivity index (χ0n) is 30.0. The van der Waals surface area contributed by atoms with E-state index in [0.717, 1.165) is 34.9 Å². The number of ether oxygens (including phenoxy) is 4. The van der Waals surface area contributed by atoms with E-state index in [1.165, 1.54) is 32.5 Å². The van der Waals surface area contributed by atoms with Crippen LogP contribution in [0.25, 0.3) is 0 Å². The van der Waals surface area contributed by atoms with Gasteiger partial charge < -0.3 is 24.3 Å². The second-order valence-electron chi connectivity index (χ2n) is 13.5. The van der Waals surface area contributed by atoms with Crippen LogP contribution in [0, 0.1) is 5.82 Å². The van der Waals surface area contributed by atoms with Crippen molar-refractivity contribution in [1.82, 2.24) is 15.3 Å². The van der Waals surface area contributed by atoms with Crippen LogP contribution in [-0.4, -0.2) is 56.4 Å². The number of rotatable bonds is 11. The van der Waals surface area contributed by atoms with Crippen molar-refractivity contribution in [3.05, 3.63) is 101 Å². The van der Waals surface area contributed by atoms with Crippen molar-refractivity contribution in [1.29, 1.82) is 0 Å². The fraction of sp³-hybridized carbons (Fsp3) is 0.378. The fourth-order valence-corrected chi connectivity index (χ4v) is 7.85. The van der Waals surface area contributed by atoms with E-state index in [4.69, 9.17) is 30.5 Å². The van der Waals surface area contributed by atoms with Crippen LogP contribution in [0.5, 0.6) is 17.2 Å². The van der Waals surface area contributed by atoms with Crippen molar-refractivity contribution in [2.45, 2.75) is 81.3 Å². The second kappa shape index (κ2) is 16.3. The number of alkyl halides is 3. The smallest absolute Gasteiger partial charge is 0.416 e. The maximum atomic E-state index is 16.0. The SMILES string of the molecule is COc1ccc(CN(c2ccncn2)S(=O)(=O)c2cc(Cl)c(O[C@H]3CC[C@H](c4cccc(C(F)(F)F)c4)C[C@@H]3NC(=O)OC(C)(C)C)cc2F)c(OC)c1. The second-order valence-corrected chi connectivity index (χ2v) is 15.8. The Morgan fingerprint density at radius 3 is 2.41 bits per heavy atom. The number of anilines is 1. The molecule has 0 spiro atoms. The highest BCUT2D eigenvalue weighted by Crippen LogP contribution is 2.40. The number of amides is 1. The highest BCUT2D eigenvalue weighted by Gasteiger charge is 2.38. The standard InChI is InChI=1S/C37H39ClF4N4O7S/c1-36(2,3)53-35(47)45-29-16-23(22-7-6-8-25(15-22)37(40,41)42)10-12-30(29)52-32-19-28(39)33(18-27(32)38)54(48,49)46(34-13-14-43-21-44-34)20-24-9-11-26(50-4)17-31(24)51-5/h6-9,11,13-15,17-19,21,23,29-30H,10,12,16,20H2,1-5H3,(H,45,47)/t23-,29-,30-/m0/s1. The van der Waals surface area contributed by atoms with E-state index < -0.39 is 62.2 Å². The minimum absolute atomic E-state index is 0.0627. The van der Waals surface area contributed by atoms with E-state index >= 15 is 4.39 Å². The summed E-state index contributed by atoms with van der Waals surface area (Å²) in [5.41, 5.74) is -0.815. The first-order chi connectivity index (χ1) is 25.4. The number of methoxy groups -OCH3 is 2. The number of benzene rings is 3. The molecule has 3 aromatic carbocycles. The first kappa shape index (κ1) is 40.4. The van der Waals surface area contributed by atoms with Crippen LogP contribution in [0.4, 0.5) is 28.2 Å². The maximum Gasteiger partial charge on any atom is 0.416 e. The fourth-order valence-electron chi connectivity index (χ4n) is 6.10. The molecule has 1 amide bonds. The number of carbonyl (C=O) groups excluding carboxylic acids is 1. The summed E-state index contributed by atoms with van der Waals surface area (Å²) in [6.45, 7) is 4.69. The normalized spacial score (nSPS) is 17.7. The molecule has 54 heavy (non-hydrogen) atoms. The van der Waals surface area contributed by atoms with Crippen molar-refractivity contribution >= 4 is 33.5 Å². The molecule has 1 N–H and O–H groups in total. The highest BCUT2D eigenvalue weighted by atomic mass is 35.5. The van der Waals surface area contributed by atoms with Crippen LogP contribution in [0.15, 0.2) is 78.1 Å². The topological polar surface area (TPSA) is 129 Å². The maximum absolute atomic E-state index is 16.0. The Labute approximate surface area is 315 Å². The lowest BCUT2D eigenvalue weighted by molar-refractivity contribution is -0.137. The summed E-state index contributed by atoms with van der Waals surface area (Å²) in [6.07, 6.45) is -2.98. The predicted molar refractivity (Wildman–Crippen MR) is 192 cm³/mol. The van der Waals surface area contributed by atoms with Crippen molar-refractivity contribution in [3.8, 4) is 17.2 Å². The molecular formula is C37H39ClF4N4O7S. The summed E-state index contributed by atoms with van der Waals surface area (Å²) in [5.74, 6) is -1.09. The minimum Gasteiger partial charge on any atom is -0.497 e. The Morgan fingerprint density at radius 2 is 1.76 bits per heavy atom. The number of alkyl carbamates (subject to hydrolysis) is 1. The van der Waals surface area contributed by atoms with E-state index in [1.807, 2.05) is 0 Å². The number of hydrogen-bond donors (Lipinski definition) is 1. The van der Waals surface area contributed by atoms with Crippen molar-refractivity contribution < 1.29 is 49.7 Å².